The van der Waals surface area contributed by atoms with Gasteiger partial charge in [-0.2, -0.15) is 0 Å². The van der Waals surface area contributed by atoms with Crippen LogP contribution < -0.4 is 0 Å². The third-order valence-electron chi connectivity index (χ3n) is 2.08. The van der Waals surface area contributed by atoms with Crippen LogP contribution in [0.15, 0.2) is 24.3 Å². The average Bonchev–Trinajstić information content (AvgIpc) is 2.25. The normalized spacial score (nSPS) is 10.2. The maximum atomic E-state index is 10.7. The average molecular weight is 208 g/mol. The van der Waals surface area contributed by atoms with Crippen molar-refractivity contribution < 1.29 is 14.6 Å². The fourth-order valence-electron chi connectivity index (χ4n) is 1.23. The van der Waals surface area contributed by atoms with E-state index in [4.69, 9.17) is 9.84 Å². The van der Waals surface area contributed by atoms with Crippen LogP contribution in [0.3, 0.4) is 0 Å². The van der Waals surface area contributed by atoms with Gasteiger partial charge in [-0.1, -0.05) is 25.5 Å². The van der Waals surface area contributed by atoms with Crippen molar-refractivity contribution in [1.82, 2.24) is 0 Å². The number of hydrogen-bond donors (Lipinski definition) is 1. The Morgan fingerprint density at radius 1 is 1.47 bits per heavy atom. The zero-order valence-electron chi connectivity index (χ0n) is 8.90. The first-order chi connectivity index (χ1) is 7.24. The predicted octanol–water partition coefficient (Wildman–Crippen LogP) is 2.70. The van der Waals surface area contributed by atoms with Crippen molar-refractivity contribution in [2.75, 3.05) is 6.61 Å². The molecule has 0 aliphatic heterocycles. The third-order valence-corrected chi connectivity index (χ3v) is 2.08. The molecule has 0 bridgehead atoms. The highest BCUT2D eigenvalue weighted by atomic mass is 16.5. The summed E-state index contributed by atoms with van der Waals surface area (Å²) in [5.41, 5.74) is 1.22. The second-order valence-electron chi connectivity index (χ2n) is 3.41. The lowest BCUT2D eigenvalue weighted by atomic mass is 10.1. The van der Waals surface area contributed by atoms with E-state index >= 15 is 0 Å². The van der Waals surface area contributed by atoms with Crippen LogP contribution in [0.1, 0.15) is 35.7 Å². The minimum atomic E-state index is -0.898. The van der Waals surface area contributed by atoms with E-state index in [1.807, 2.05) is 6.07 Å². The van der Waals surface area contributed by atoms with E-state index in [0.717, 1.165) is 25.0 Å². The molecule has 15 heavy (non-hydrogen) atoms. The Labute approximate surface area is 89.7 Å². The van der Waals surface area contributed by atoms with Crippen molar-refractivity contribution in [3.63, 3.8) is 0 Å². The molecule has 1 aromatic carbocycles. The minimum Gasteiger partial charge on any atom is -0.478 e. The Bertz CT molecular complexity index is 320. The topological polar surface area (TPSA) is 46.5 Å². The first kappa shape index (κ1) is 11.7. The summed E-state index contributed by atoms with van der Waals surface area (Å²) in [5.74, 6) is -0.898. The van der Waals surface area contributed by atoms with Crippen molar-refractivity contribution in [2.24, 2.45) is 0 Å². The number of unbranched alkanes of at least 4 members (excludes halogenated alkanes) is 1. The quantitative estimate of drug-likeness (QED) is 0.731. The van der Waals surface area contributed by atoms with Gasteiger partial charge in [0.1, 0.15) is 0 Å². The van der Waals surface area contributed by atoms with Gasteiger partial charge in [0.25, 0.3) is 0 Å². The summed E-state index contributed by atoms with van der Waals surface area (Å²) in [6.45, 7) is 3.32. The van der Waals surface area contributed by atoms with Gasteiger partial charge in [-0.15, -0.1) is 0 Å². The van der Waals surface area contributed by atoms with Crippen LogP contribution in [0.2, 0.25) is 0 Å². The number of ether oxygens (including phenoxy) is 1. The Hall–Kier alpha value is -1.35. The maximum absolute atomic E-state index is 10.7. The lowest BCUT2D eigenvalue weighted by molar-refractivity contribution is 0.0696. The lowest BCUT2D eigenvalue weighted by Gasteiger charge is -2.04. The highest BCUT2D eigenvalue weighted by molar-refractivity contribution is 5.87. The fourth-order valence-corrected chi connectivity index (χ4v) is 1.23. The second kappa shape index (κ2) is 6.19. The maximum Gasteiger partial charge on any atom is 0.335 e. The highest BCUT2D eigenvalue weighted by Gasteiger charge is 2.02. The molecule has 1 aromatic rings. The first-order valence-corrected chi connectivity index (χ1v) is 5.14. The molecule has 0 spiro atoms. The SMILES string of the molecule is CCCCOCc1cccc(C(=O)O)c1. The molecule has 0 saturated carbocycles. The van der Waals surface area contributed by atoms with Gasteiger partial charge >= 0.3 is 5.97 Å². The molecule has 0 aliphatic carbocycles. The van der Waals surface area contributed by atoms with Gasteiger partial charge in [-0.05, 0) is 24.1 Å². The van der Waals surface area contributed by atoms with Crippen LogP contribution in [0, 0.1) is 0 Å². The summed E-state index contributed by atoms with van der Waals surface area (Å²) in [4.78, 5) is 10.7. The molecule has 3 nitrogen and oxygen atoms in total. The molecule has 1 rings (SSSR count). The number of rotatable bonds is 6. The Morgan fingerprint density at radius 2 is 2.27 bits per heavy atom. The van der Waals surface area contributed by atoms with Gasteiger partial charge in [0, 0.05) is 6.61 Å². The van der Waals surface area contributed by atoms with Crippen LogP contribution in [0.4, 0.5) is 0 Å². The molecular formula is C12H16O3. The minimum absolute atomic E-state index is 0.312. The van der Waals surface area contributed by atoms with Gasteiger partial charge in [0.15, 0.2) is 0 Å². The molecule has 0 saturated heterocycles. The summed E-state index contributed by atoms with van der Waals surface area (Å²) in [7, 11) is 0. The Morgan fingerprint density at radius 3 is 2.93 bits per heavy atom. The van der Waals surface area contributed by atoms with Gasteiger partial charge < -0.3 is 9.84 Å². The lowest BCUT2D eigenvalue weighted by Crippen LogP contribution is -1.99. The van der Waals surface area contributed by atoms with Gasteiger partial charge in [-0.3, -0.25) is 0 Å². The van der Waals surface area contributed by atoms with E-state index in [-0.39, 0.29) is 0 Å². The first-order valence-electron chi connectivity index (χ1n) is 5.14. The third kappa shape index (κ3) is 4.13. The van der Waals surface area contributed by atoms with E-state index in [9.17, 15) is 4.79 Å². The van der Waals surface area contributed by atoms with Crippen LogP contribution in [0.5, 0.6) is 0 Å². The van der Waals surface area contributed by atoms with E-state index in [1.165, 1.54) is 0 Å². The Kier molecular flexibility index (Phi) is 4.84. The van der Waals surface area contributed by atoms with Crippen molar-refractivity contribution >= 4 is 5.97 Å². The number of benzene rings is 1. The molecule has 0 radical (unpaired) electrons. The zero-order valence-corrected chi connectivity index (χ0v) is 8.90. The molecule has 0 aliphatic rings. The summed E-state index contributed by atoms with van der Waals surface area (Å²) in [6, 6.07) is 6.84. The van der Waals surface area contributed by atoms with Crippen LogP contribution in [-0.4, -0.2) is 17.7 Å². The largest absolute Gasteiger partial charge is 0.478 e. The predicted molar refractivity (Wildman–Crippen MR) is 58.0 cm³/mol. The summed E-state index contributed by atoms with van der Waals surface area (Å²) >= 11 is 0. The van der Waals surface area contributed by atoms with Crippen LogP contribution in [0.25, 0.3) is 0 Å². The van der Waals surface area contributed by atoms with E-state index in [1.54, 1.807) is 18.2 Å². The monoisotopic (exact) mass is 208 g/mol. The van der Waals surface area contributed by atoms with Gasteiger partial charge in [0.05, 0.1) is 12.2 Å². The smallest absolute Gasteiger partial charge is 0.335 e. The van der Waals surface area contributed by atoms with Gasteiger partial charge in [-0.25, -0.2) is 4.79 Å². The second-order valence-corrected chi connectivity index (χ2v) is 3.41. The molecule has 0 fully saturated rings. The summed E-state index contributed by atoms with van der Waals surface area (Å²) in [5, 5.41) is 8.78. The summed E-state index contributed by atoms with van der Waals surface area (Å²) in [6.07, 6.45) is 2.15. The Balaban J connectivity index is 2.47. The summed E-state index contributed by atoms with van der Waals surface area (Å²) < 4.78 is 5.40. The molecule has 0 amide bonds. The number of carboxylic acid groups (broad SMARTS) is 1. The molecule has 0 unspecified atom stereocenters. The number of carboxylic acids is 1. The van der Waals surface area contributed by atoms with Crippen LogP contribution in [-0.2, 0) is 11.3 Å². The van der Waals surface area contributed by atoms with Crippen molar-refractivity contribution in [2.45, 2.75) is 26.4 Å². The van der Waals surface area contributed by atoms with Crippen molar-refractivity contribution in [3.8, 4) is 0 Å². The molecular weight excluding hydrogens is 192 g/mol. The number of hydrogen-bond acceptors (Lipinski definition) is 2. The standard InChI is InChI=1S/C12H16O3/c1-2-3-7-15-9-10-5-4-6-11(8-10)12(13)14/h4-6,8H,2-3,7,9H2,1H3,(H,13,14). The highest BCUT2D eigenvalue weighted by Crippen LogP contribution is 2.07. The number of carbonyl (C=O) groups is 1. The molecule has 0 aromatic heterocycles. The van der Waals surface area contributed by atoms with E-state index < -0.39 is 5.97 Å². The van der Waals surface area contributed by atoms with Crippen molar-refractivity contribution in [3.05, 3.63) is 35.4 Å². The molecule has 3 heteroatoms. The van der Waals surface area contributed by atoms with Gasteiger partial charge in [0.2, 0.25) is 0 Å². The van der Waals surface area contributed by atoms with Crippen molar-refractivity contribution in [1.29, 1.82) is 0 Å². The van der Waals surface area contributed by atoms with E-state index in [2.05, 4.69) is 6.92 Å². The molecule has 0 heterocycles. The zero-order chi connectivity index (χ0) is 11.1. The fraction of sp³-hybridized carbons (Fsp3) is 0.417. The molecule has 0 atom stereocenters. The van der Waals surface area contributed by atoms with Crippen LogP contribution >= 0.6 is 0 Å². The van der Waals surface area contributed by atoms with E-state index in [0.29, 0.717) is 12.2 Å². The number of aromatic carboxylic acids is 1. The molecule has 82 valence electrons. The molecule has 1 N–H and O–H groups in total.